The van der Waals surface area contributed by atoms with Gasteiger partial charge >= 0.3 is 0 Å². The number of halogens is 2. The van der Waals surface area contributed by atoms with Gasteiger partial charge in [0.05, 0.1) is 11.4 Å². The van der Waals surface area contributed by atoms with E-state index in [1.165, 1.54) is 21.6 Å². The molecule has 10 heteroatoms. The largest absolute Gasteiger partial charge is 0.367 e. The van der Waals surface area contributed by atoms with E-state index in [1.54, 1.807) is 38.1 Å². The van der Waals surface area contributed by atoms with Crippen LogP contribution in [0.4, 0.5) is 10.2 Å². The number of nitrogens with zero attached hydrogens (tertiary/aromatic N) is 3. The number of thioether (sulfide) groups is 1. The van der Waals surface area contributed by atoms with Crippen LogP contribution in [-0.2, 0) is 24.4 Å². The highest BCUT2D eigenvalue weighted by Gasteiger charge is 2.33. The van der Waals surface area contributed by atoms with Gasteiger partial charge in [0.15, 0.2) is 0 Å². The topological polar surface area (TPSA) is 78.1 Å². The van der Waals surface area contributed by atoms with E-state index in [1.807, 2.05) is 24.3 Å². The second kappa shape index (κ2) is 11.3. The summed E-state index contributed by atoms with van der Waals surface area (Å²) < 4.78 is 15.2. The Kier molecular flexibility index (Phi) is 8.13. The number of rotatable bonds is 7. The van der Waals surface area contributed by atoms with Crippen LogP contribution in [0, 0.1) is 24.1 Å². The van der Waals surface area contributed by atoms with E-state index in [0.29, 0.717) is 44.3 Å². The van der Waals surface area contributed by atoms with Gasteiger partial charge in [-0.15, -0.1) is 0 Å². The average molecular weight is 553 g/mol. The molecule has 0 aliphatic carbocycles. The lowest BCUT2D eigenvalue weighted by atomic mass is 10.0. The predicted molar refractivity (Wildman–Crippen MR) is 150 cm³/mol. The van der Waals surface area contributed by atoms with Gasteiger partial charge in [-0.05, 0) is 54.8 Å². The van der Waals surface area contributed by atoms with Crippen molar-refractivity contribution in [3.8, 4) is 6.07 Å². The number of anilines is 1. The number of hydrogen-bond donors (Lipinski definition) is 1. The number of carbonyl (C=O) groups is 1. The molecule has 1 N–H and O–H groups in total. The van der Waals surface area contributed by atoms with E-state index in [2.05, 4.69) is 5.32 Å². The Morgan fingerprint density at radius 2 is 1.89 bits per heavy atom. The molecule has 0 unspecified atom stereocenters. The van der Waals surface area contributed by atoms with Crippen LogP contribution in [0.25, 0.3) is 6.08 Å². The SMILES string of the molecule is CCn1c(NCc2ccc(F)cc2)c(/C=C2/SC(=S)N(Cc3ccccc3Cl)C2=O)c(C)c(C#N)c1=O. The van der Waals surface area contributed by atoms with Crippen LogP contribution in [0.3, 0.4) is 0 Å². The number of benzene rings is 2. The van der Waals surface area contributed by atoms with Gasteiger partial charge in [0.1, 0.15) is 27.6 Å². The summed E-state index contributed by atoms with van der Waals surface area (Å²) in [6.45, 7) is 4.31. The summed E-state index contributed by atoms with van der Waals surface area (Å²) in [6.07, 6.45) is 1.67. The predicted octanol–water partition coefficient (Wildman–Crippen LogP) is 5.85. The molecule has 2 aromatic carbocycles. The lowest BCUT2D eigenvalue weighted by Crippen LogP contribution is -2.28. The molecule has 4 rings (SSSR count). The molecule has 3 aromatic rings. The van der Waals surface area contributed by atoms with Crippen LogP contribution >= 0.6 is 35.6 Å². The van der Waals surface area contributed by atoms with E-state index < -0.39 is 5.56 Å². The van der Waals surface area contributed by atoms with Crippen LogP contribution < -0.4 is 10.9 Å². The number of amides is 1. The molecule has 0 radical (unpaired) electrons. The fourth-order valence-electron chi connectivity index (χ4n) is 4.01. The zero-order chi connectivity index (χ0) is 26.7. The van der Waals surface area contributed by atoms with E-state index in [-0.39, 0.29) is 23.8 Å². The average Bonchev–Trinajstić information content (AvgIpc) is 3.14. The Bertz CT molecular complexity index is 1530. The maximum Gasteiger partial charge on any atom is 0.270 e. The van der Waals surface area contributed by atoms with Crippen molar-refractivity contribution < 1.29 is 9.18 Å². The van der Waals surface area contributed by atoms with Gasteiger partial charge in [-0.25, -0.2) is 4.39 Å². The molecule has 0 spiro atoms. The second-order valence-electron chi connectivity index (χ2n) is 8.26. The number of pyridine rings is 1. The Balaban J connectivity index is 1.76. The van der Waals surface area contributed by atoms with Gasteiger partial charge in [-0.1, -0.05) is 65.9 Å². The first-order valence-corrected chi connectivity index (χ1v) is 13.0. The quantitative estimate of drug-likeness (QED) is 0.292. The maximum absolute atomic E-state index is 13.4. The number of hydrogen-bond acceptors (Lipinski definition) is 6. The highest BCUT2D eigenvalue weighted by atomic mass is 35.5. The van der Waals surface area contributed by atoms with Crippen LogP contribution in [0.2, 0.25) is 5.02 Å². The Hall–Kier alpha value is -3.45. The molecule has 37 heavy (non-hydrogen) atoms. The van der Waals surface area contributed by atoms with E-state index in [4.69, 9.17) is 23.8 Å². The minimum atomic E-state index is -0.424. The molecule has 0 atom stereocenters. The van der Waals surface area contributed by atoms with Crippen molar-refractivity contribution in [2.24, 2.45) is 0 Å². The van der Waals surface area contributed by atoms with E-state index >= 15 is 0 Å². The molecule has 2 heterocycles. The monoisotopic (exact) mass is 552 g/mol. The zero-order valence-corrected chi connectivity index (χ0v) is 22.4. The van der Waals surface area contributed by atoms with Gasteiger partial charge in [-0.2, -0.15) is 5.26 Å². The molecular formula is C27H22ClFN4O2S2. The molecule has 1 aliphatic heterocycles. The van der Waals surface area contributed by atoms with Crippen molar-refractivity contribution in [1.82, 2.24) is 9.47 Å². The second-order valence-corrected chi connectivity index (χ2v) is 10.3. The van der Waals surface area contributed by atoms with Gasteiger partial charge in [0.2, 0.25) is 0 Å². The third-order valence-corrected chi connectivity index (χ3v) is 7.75. The van der Waals surface area contributed by atoms with Crippen LogP contribution in [0.5, 0.6) is 0 Å². The maximum atomic E-state index is 13.4. The fourth-order valence-corrected chi connectivity index (χ4v) is 5.44. The van der Waals surface area contributed by atoms with Crippen molar-refractivity contribution in [1.29, 1.82) is 5.26 Å². The number of nitrogens with one attached hydrogen (secondary N) is 1. The zero-order valence-electron chi connectivity index (χ0n) is 20.0. The number of nitriles is 1. The molecule has 6 nitrogen and oxygen atoms in total. The lowest BCUT2D eigenvalue weighted by molar-refractivity contribution is -0.122. The molecule has 1 saturated heterocycles. The minimum absolute atomic E-state index is 0.00646. The van der Waals surface area contributed by atoms with Crippen molar-refractivity contribution in [3.05, 3.63) is 102 Å². The first-order valence-electron chi connectivity index (χ1n) is 11.4. The summed E-state index contributed by atoms with van der Waals surface area (Å²) in [7, 11) is 0. The summed E-state index contributed by atoms with van der Waals surface area (Å²) in [5.41, 5.74) is 2.15. The van der Waals surface area contributed by atoms with E-state index in [0.717, 1.165) is 22.9 Å². The summed E-state index contributed by atoms with van der Waals surface area (Å²) >= 11 is 12.9. The standard InChI is InChI=1S/C27H22ClFN4O2S2/c1-3-32-24(31-14-17-8-10-19(29)11-9-17)20(16(2)21(13-30)25(32)34)12-23-26(35)33(27(36)37-23)15-18-6-4-5-7-22(18)28/h4-12,31H,3,14-15H2,1-2H3/b23-12+. The van der Waals surface area contributed by atoms with Crippen LogP contribution in [0.1, 0.15) is 34.7 Å². The van der Waals surface area contributed by atoms with Crippen molar-refractivity contribution in [2.75, 3.05) is 5.32 Å². The first kappa shape index (κ1) is 26.6. The summed E-state index contributed by atoms with van der Waals surface area (Å²) in [4.78, 5) is 28.3. The molecule has 1 amide bonds. The third-order valence-electron chi connectivity index (χ3n) is 6.00. The highest BCUT2D eigenvalue weighted by molar-refractivity contribution is 8.26. The van der Waals surface area contributed by atoms with Crippen molar-refractivity contribution in [3.63, 3.8) is 0 Å². The van der Waals surface area contributed by atoms with Crippen molar-refractivity contribution in [2.45, 2.75) is 33.5 Å². The minimum Gasteiger partial charge on any atom is -0.367 e. The fraction of sp³-hybridized carbons (Fsp3) is 0.185. The molecular weight excluding hydrogens is 531 g/mol. The Labute approximate surface area is 228 Å². The van der Waals surface area contributed by atoms with Gasteiger partial charge in [-0.3, -0.25) is 19.1 Å². The Morgan fingerprint density at radius 3 is 2.54 bits per heavy atom. The summed E-state index contributed by atoms with van der Waals surface area (Å²) in [5, 5.41) is 13.5. The molecule has 0 saturated carbocycles. The lowest BCUT2D eigenvalue weighted by Gasteiger charge is -2.19. The molecule has 0 bridgehead atoms. The number of aromatic nitrogens is 1. The molecule has 1 aromatic heterocycles. The smallest absolute Gasteiger partial charge is 0.270 e. The van der Waals surface area contributed by atoms with Gasteiger partial charge < -0.3 is 5.32 Å². The number of carbonyl (C=O) groups excluding carboxylic acids is 1. The molecule has 1 fully saturated rings. The normalized spacial score (nSPS) is 14.4. The van der Waals surface area contributed by atoms with Crippen molar-refractivity contribution >= 4 is 57.7 Å². The summed E-state index contributed by atoms with van der Waals surface area (Å²) in [6, 6.07) is 15.3. The molecule has 1 aliphatic rings. The van der Waals surface area contributed by atoms with Gasteiger partial charge in [0.25, 0.3) is 11.5 Å². The third kappa shape index (κ3) is 5.47. The summed E-state index contributed by atoms with van der Waals surface area (Å²) in [5.74, 6) is -0.167. The highest BCUT2D eigenvalue weighted by Crippen LogP contribution is 2.36. The Morgan fingerprint density at radius 1 is 1.19 bits per heavy atom. The van der Waals surface area contributed by atoms with Crippen LogP contribution in [0.15, 0.2) is 58.2 Å². The van der Waals surface area contributed by atoms with Gasteiger partial charge in [0, 0.05) is 23.7 Å². The number of thiocarbonyl (C=S) groups is 1. The van der Waals surface area contributed by atoms with E-state index in [9.17, 15) is 19.2 Å². The van der Waals surface area contributed by atoms with Crippen LogP contribution in [-0.4, -0.2) is 19.7 Å². The first-order chi connectivity index (χ1) is 17.7. The molecule has 188 valence electrons.